The van der Waals surface area contributed by atoms with Crippen molar-refractivity contribution in [2.45, 2.75) is 48.6 Å². The van der Waals surface area contributed by atoms with Gasteiger partial charge in [-0.15, -0.1) is 0 Å². The van der Waals surface area contributed by atoms with E-state index in [9.17, 15) is 70.7 Å². The van der Waals surface area contributed by atoms with Gasteiger partial charge in [0, 0.05) is 0 Å². The molecule has 0 spiro atoms. The third-order valence-corrected chi connectivity index (χ3v) is 4.35. The molecule has 0 aliphatic rings. The number of carbonyl (C=O) groups is 1. The lowest BCUT2D eigenvalue weighted by Gasteiger charge is -2.41. The Bertz CT molecular complexity index is 1010. The second-order valence-electron chi connectivity index (χ2n) is 6.89. The maximum absolute atomic E-state index is 14.6. The van der Waals surface area contributed by atoms with Crippen LogP contribution in [0.4, 0.5) is 65.9 Å². The highest BCUT2D eigenvalue weighted by Crippen LogP contribution is 2.63. The highest BCUT2D eigenvalue weighted by Gasteiger charge is 2.93. The zero-order chi connectivity index (χ0) is 29.3. The Hall–Kier alpha value is -2.95. The lowest BCUT2D eigenvalue weighted by molar-refractivity contribution is -0.450. The van der Waals surface area contributed by atoms with Crippen molar-refractivity contribution in [3.8, 4) is 0 Å². The number of alkyl halides is 15. The summed E-state index contributed by atoms with van der Waals surface area (Å²) >= 11 is 0. The Morgan fingerprint density at radius 2 is 1.16 bits per heavy atom. The largest absolute Gasteiger partial charge is 0.462 e. The molecule has 0 saturated carbocycles. The van der Waals surface area contributed by atoms with Crippen LogP contribution in [0.15, 0.2) is 41.0 Å². The van der Waals surface area contributed by atoms with Gasteiger partial charge < -0.3 is 4.74 Å². The van der Waals surface area contributed by atoms with Crippen LogP contribution in [-0.2, 0) is 9.53 Å². The summed E-state index contributed by atoms with van der Waals surface area (Å²) in [4.78, 5) is 13.7. The lowest BCUT2D eigenvalue weighted by Crippen LogP contribution is -2.72. The van der Waals surface area contributed by atoms with E-state index >= 15 is 0 Å². The molecule has 0 saturated heterocycles. The zero-order valence-electron chi connectivity index (χ0n) is 17.7. The zero-order valence-corrected chi connectivity index (χ0v) is 17.7. The van der Waals surface area contributed by atoms with E-state index in [2.05, 4.69) is 9.73 Å². The molecule has 0 fully saturated rings. The molecule has 0 amide bonds. The van der Waals surface area contributed by atoms with Crippen LogP contribution in [0.5, 0.6) is 0 Å². The van der Waals surface area contributed by atoms with E-state index in [0.717, 1.165) is 31.2 Å². The van der Waals surface area contributed by atoms with Gasteiger partial charge in [-0.05, 0) is 18.6 Å². The van der Waals surface area contributed by atoms with E-state index in [-0.39, 0.29) is 12.3 Å². The van der Waals surface area contributed by atoms with Crippen molar-refractivity contribution in [1.29, 1.82) is 0 Å². The maximum atomic E-state index is 14.6. The van der Waals surface area contributed by atoms with Crippen molar-refractivity contribution in [2.75, 3.05) is 6.61 Å². The molecule has 1 aromatic carbocycles. The third-order valence-electron chi connectivity index (χ3n) is 4.35. The molecule has 1 rings (SSSR count). The summed E-state index contributed by atoms with van der Waals surface area (Å²) in [6, 6.07) is 4.93. The quantitative estimate of drug-likeness (QED) is 0.172. The lowest BCUT2D eigenvalue weighted by atomic mass is 9.90. The van der Waals surface area contributed by atoms with Crippen molar-refractivity contribution in [3.63, 3.8) is 0 Å². The van der Waals surface area contributed by atoms with Gasteiger partial charge in [0.1, 0.15) is 11.9 Å². The summed E-state index contributed by atoms with van der Waals surface area (Å²) in [6.45, 7) is 0.677. The number of halogens is 15. The van der Waals surface area contributed by atoms with Crippen LogP contribution in [0.2, 0.25) is 0 Å². The van der Waals surface area contributed by atoms with E-state index in [1.807, 2.05) is 0 Å². The first-order chi connectivity index (χ1) is 16.4. The molecule has 0 aromatic heterocycles. The number of aliphatic imine (C=N–C) groups is 1. The molecular formula is C19H12F15NO2. The predicted octanol–water partition coefficient (Wildman–Crippen LogP) is 7.04. The fraction of sp³-hybridized carbons (Fsp3) is 0.474. The van der Waals surface area contributed by atoms with Gasteiger partial charge in [-0.25, -0.2) is 9.79 Å². The second-order valence-corrected chi connectivity index (χ2v) is 6.89. The van der Waals surface area contributed by atoms with E-state index in [4.69, 9.17) is 0 Å². The Morgan fingerprint density at radius 1 is 0.730 bits per heavy atom. The molecule has 0 radical (unpaired) electrons. The van der Waals surface area contributed by atoms with Gasteiger partial charge in [-0.3, -0.25) is 0 Å². The van der Waals surface area contributed by atoms with Crippen LogP contribution < -0.4 is 0 Å². The fourth-order valence-corrected chi connectivity index (χ4v) is 2.35. The van der Waals surface area contributed by atoms with Gasteiger partial charge in [0.25, 0.3) is 0 Å². The van der Waals surface area contributed by atoms with Gasteiger partial charge in [0.15, 0.2) is 0 Å². The van der Waals surface area contributed by atoms with Gasteiger partial charge in [-0.2, -0.15) is 65.9 Å². The van der Waals surface area contributed by atoms with E-state index in [0.29, 0.717) is 0 Å². The molecule has 210 valence electrons. The predicted molar refractivity (Wildman–Crippen MR) is 95.3 cm³/mol. The Labute approximate surface area is 196 Å². The Morgan fingerprint density at radius 3 is 1.59 bits per heavy atom. The monoisotopic (exact) mass is 571 g/mol. The third kappa shape index (κ3) is 5.37. The Balaban J connectivity index is 3.80. The number of esters is 1. The number of hydrogen-bond donors (Lipinski definition) is 0. The molecule has 0 aliphatic heterocycles. The molecule has 0 unspecified atom stereocenters. The molecule has 3 nitrogen and oxygen atoms in total. The van der Waals surface area contributed by atoms with Crippen LogP contribution >= 0.6 is 0 Å². The van der Waals surface area contributed by atoms with Crippen LogP contribution in [0.1, 0.15) is 12.5 Å². The Kier molecular flexibility index (Phi) is 8.73. The first-order valence-corrected chi connectivity index (χ1v) is 9.25. The molecule has 1 aromatic rings. The van der Waals surface area contributed by atoms with Crippen molar-refractivity contribution < 1.29 is 75.4 Å². The number of carbonyl (C=O) groups excluding carboxylic acids is 1. The number of hydrogen-bond acceptors (Lipinski definition) is 3. The van der Waals surface area contributed by atoms with Crippen LogP contribution in [0, 0.1) is 0 Å². The van der Waals surface area contributed by atoms with Gasteiger partial charge in [-0.1, -0.05) is 30.3 Å². The standard InChI is InChI=1S/C19H12F15NO2/c1-2-37-12(36)9-35-11(8-10-6-4-3-5-7-10)13(20,21)14(22,23)15(24,25)16(26,27)17(28,29)18(30,31)19(32,33)34/h3-9H,2H2,1H3/b11-8-,35-9?. The molecule has 0 bridgehead atoms. The summed E-state index contributed by atoms with van der Waals surface area (Å²) in [5.41, 5.74) is -3.28. The van der Waals surface area contributed by atoms with Gasteiger partial charge in [0.2, 0.25) is 0 Å². The molecule has 18 heteroatoms. The van der Waals surface area contributed by atoms with Crippen LogP contribution in [0.25, 0.3) is 6.08 Å². The topological polar surface area (TPSA) is 38.7 Å². The van der Waals surface area contributed by atoms with Crippen molar-refractivity contribution in [1.82, 2.24) is 0 Å². The first-order valence-electron chi connectivity index (χ1n) is 9.25. The number of nitrogens with zero attached hydrogens (tertiary/aromatic N) is 1. The number of ether oxygens (including phenoxy) is 1. The summed E-state index contributed by atoms with van der Waals surface area (Å²) < 4.78 is 206. The number of benzene rings is 1. The molecule has 0 aliphatic carbocycles. The summed E-state index contributed by atoms with van der Waals surface area (Å²) in [7, 11) is 0. The van der Waals surface area contributed by atoms with Gasteiger partial charge in [0.05, 0.1) is 6.61 Å². The minimum atomic E-state index is -8.44. The van der Waals surface area contributed by atoms with E-state index in [1.165, 1.54) is 6.07 Å². The highest BCUT2D eigenvalue weighted by atomic mass is 19.4. The number of rotatable bonds is 10. The summed E-state index contributed by atoms with van der Waals surface area (Å²) in [5.74, 6) is -49.5. The van der Waals surface area contributed by atoms with Crippen molar-refractivity contribution in [2.24, 2.45) is 4.99 Å². The maximum Gasteiger partial charge on any atom is 0.460 e. The molecule has 0 N–H and O–H groups in total. The first kappa shape index (κ1) is 32.1. The van der Waals surface area contributed by atoms with Crippen molar-refractivity contribution >= 4 is 18.3 Å². The smallest absolute Gasteiger partial charge is 0.460 e. The molecule has 37 heavy (non-hydrogen) atoms. The SMILES string of the molecule is CCOC(=O)C=N/C(=C\c1ccccc1)C(F)(F)C(F)(F)C(F)(F)C(F)(F)C(F)(F)C(F)(F)C(F)(F)F. The molecule has 0 heterocycles. The average molecular weight is 571 g/mol. The summed E-state index contributed by atoms with van der Waals surface area (Å²) in [5, 5.41) is 0. The minimum absolute atomic E-state index is 0.208. The van der Waals surface area contributed by atoms with Crippen molar-refractivity contribution in [3.05, 3.63) is 41.6 Å². The minimum Gasteiger partial charge on any atom is -0.462 e. The van der Waals surface area contributed by atoms with Crippen LogP contribution in [0.3, 0.4) is 0 Å². The van der Waals surface area contributed by atoms with Gasteiger partial charge >= 0.3 is 47.7 Å². The highest BCUT2D eigenvalue weighted by molar-refractivity contribution is 6.23. The van der Waals surface area contributed by atoms with E-state index in [1.54, 1.807) is 0 Å². The molecule has 0 atom stereocenters. The second kappa shape index (κ2) is 10.1. The average Bonchev–Trinajstić information content (AvgIpc) is 2.75. The normalized spacial score (nSPS) is 15.3. The molecular weight excluding hydrogens is 559 g/mol. The summed E-state index contributed by atoms with van der Waals surface area (Å²) in [6.07, 6.45) is -8.23. The van der Waals surface area contributed by atoms with E-state index < -0.39 is 65.5 Å². The number of allylic oxidation sites excluding steroid dienone is 1. The van der Waals surface area contributed by atoms with Crippen LogP contribution in [-0.4, -0.2) is 60.5 Å². The fourth-order valence-electron chi connectivity index (χ4n) is 2.35.